The van der Waals surface area contributed by atoms with Gasteiger partial charge in [0.25, 0.3) is 0 Å². The Bertz CT molecular complexity index is 400. The predicted octanol–water partition coefficient (Wildman–Crippen LogP) is 3.37. The van der Waals surface area contributed by atoms with Gasteiger partial charge in [-0.15, -0.1) is 11.3 Å². The Morgan fingerprint density at radius 2 is 2.41 bits per heavy atom. The summed E-state index contributed by atoms with van der Waals surface area (Å²) in [6, 6.07) is 0.763. The molecular weight excluding hydrogens is 250 g/mol. The molecule has 1 aliphatic rings. The summed E-state index contributed by atoms with van der Waals surface area (Å²) in [5.41, 5.74) is 1.10. The van der Waals surface area contributed by atoms with Crippen LogP contribution in [-0.2, 0) is 0 Å². The maximum atomic E-state index is 4.72. The maximum Gasteiger partial charge on any atom is 0.157 e. The van der Waals surface area contributed by atoms with E-state index in [1.165, 1.54) is 12.2 Å². The third-order valence-corrected chi connectivity index (χ3v) is 4.89. The average molecular weight is 269 g/mol. The maximum absolute atomic E-state index is 4.72. The number of hydrogen-bond donors (Lipinski definition) is 1. The second-order valence-corrected chi connectivity index (χ2v) is 6.30. The van der Waals surface area contributed by atoms with Crippen molar-refractivity contribution in [1.29, 1.82) is 0 Å². The molecule has 0 aliphatic carbocycles. The van der Waals surface area contributed by atoms with Crippen molar-refractivity contribution in [2.45, 2.75) is 45.7 Å². The molecule has 1 aromatic heterocycles. The summed E-state index contributed by atoms with van der Waals surface area (Å²) < 4.78 is 0. The second-order valence-electron chi connectivity index (χ2n) is 4.33. The van der Waals surface area contributed by atoms with E-state index in [2.05, 4.69) is 29.5 Å². The first-order chi connectivity index (χ1) is 8.19. The fraction of sp³-hybridized carbons (Fsp3) is 0.667. The molecule has 3 nitrogen and oxygen atoms in total. The van der Waals surface area contributed by atoms with Gasteiger partial charge in [0, 0.05) is 16.8 Å². The number of nitrogens with one attached hydrogen (secondary N) is 1. The number of rotatable bonds is 3. The van der Waals surface area contributed by atoms with Gasteiger partial charge in [-0.05, 0) is 26.7 Å². The zero-order chi connectivity index (χ0) is 12.3. The number of aryl methyl sites for hydroxylation is 1. The summed E-state index contributed by atoms with van der Waals surface area (Å²) >= 11 is 3.54. The van der Waals surface area contributed by atoms with E-state index >= 15 is 0 Å². The summed E-state index contributed by atoms with van der Waals surface area (Å²) in [5.74, 6) is 1.17. The van der Waals surface area contributed by atoms with Gasteiger partial charge in [0.2, 0.25) is 0 Å². The van der Waals surface area contributed by atoms with E-state index in [4.69, 9.17) is 4.99 Å². The highest BCUT2D eigenvalue weighted by Crippen LogP contribution is 2.22. The fourth-order valence-corrected chi connectivity index (χ4v) is 3.62. The molecule has 2 atom stereocenters. The van der Waals surface area contributed by atoms with Crippen molar-refractivity contribution < 1.29 is 0 Å². The molecule has 2 unspecified atom stereocenters. The highest BCUT2D eigenvalue weighted by molar-refractivity contribution is 8.13. The van der Waals surface area contributed by atoms with Gasteiger partial charge < -0.3 is 5.32 Å². The Hall–Kier alpha value is -0.550. The van der Waals surface area contributed by atoms with E-state index in [1.807, 2.05) is 18.7 Å². The highest BCUT2D eigenvalue weighted by Gasteiger charge is 2.17. The van der Waals surface area contributed by atoms with Gasteiger partial charge in [-0.25, -0.2) is 4.98 Å². The molecule has 0 bridgehead atoms. The lowest BCUT2D eigenvalue weighted by Crippen LogP contribution is -2.28. The molecule has 0 radical (unpaired) electrons. The van der Waals surface area contributed by atoms with E-state index in [0.29, 0.717) is 6.04 Å². The predicted molar refractivity (Wildman–Crippen MR) is 77.0 cm³/mol. The number of amidine groups is 1. The van der Waals surface area contributed by atoms with Crippen molar-refractivity contribution in [3.8, 4) is 0 Å². The first kappa shape index (κ1) is 12.9. The molecule has 94 valence electrons. The van der Waals surface area contributed by atoms with Crippen molar-refractivity contribution in [2.75, 3.05) is 5.75 Å². The lowest BCUT2D eigenvalue weighted by Gasteiger charge is -2.21. The third-order valence-electron chi connectivity index (χ3n) is 2.81. The number of aliphatic imine (C=N–C) groups is 1. The quantitative estimate of drug-likeness (QED) is 0.914. The molecule has 1 N–H and O–H groups in total. The smallest absolute Gasteiger partial charge is 0.157 e. The van der Waals surface area contributed by atoms with Gasteiger partial charge in [-0.1, -0.05) is 18.7 Å². The monoisotopic (exact) mass is 269 g/mol. The zero-order valence-corrected chi connectivity index (χ0v) is 12.2. The Morgan fingerprint density at radius 1 is 1.59 bits per heavy atom. The van der Waals surface area contributed by atoms with Crippen molar-refractivity contribution in [2.24, 2.45) is 4.99 Å². The number of aromatic nitrogens is 1. The van der Waals surface area contributed by atoms with Crippen LogP contribution >= 0.6 is 23.1 Å². The Morgan fingerprint density at radius 3 is 3.06 bits per heavy atom. The molecule has 0 saturated carbocycles. The Balaban J connectivity index is 1.98. The molecule has 2 heterocycles. The molecule has 0 saturated heterocycles. The molecule has 0 spiro atoms. The molecule has 0 fully saturated rings. The first-order valence-electron chi connectivity index (χ1n) is 6.08. The van der Waals surface area contributed by atoms with Crippen LogP contribution in [0.3, 0.4) is 0 Å². The minimum Gasteiger partial charge on any atom is -0.356 e. The van der Waals surface area contributed by atoms with Crippen LogP contribution in [-0.4, -0.2) is 21.9 Å². The lowest BCUT2D eigenvalue weighted by atomic mass is 10.2. The summed E-state index contributed by atoms with van der Waals surface area (Å²) in [5, 5.41) is 7.80. The molecule has 17 heavy (non-hydrogen) atoms. The van der Waals surface area contributed by atoms with Crippen LogP contribution in [0.4, 0.5) is 0 Å². The summed E-state index contributed by atoms with van der Waals surface area (Å²) in [6.45, 7) is 6.39. The number of thioether (sulfide) groups is 1. The normalized spacial score (nSPS) is 22.1. The molecular formula is C12H19N3S2. The van der Waals surface area contributed by atoms with E-state index in [9.17, 15) is 0 Å². The van der Waals surface area contributed by atoms with Crippen molar-refractivity contribution in [3.63, 3.8) is 0 Å². The van der Waals surface area contributed by atoms with Crippen molar-refractivity contribution >= 4 is 28.3 Å². The van der Waals surface area contributed by atoms with Crippen LogP contribution in [0, 0.1) is 6.92 Å². The average Bonchev–Trinajstić information content (AvgIpc) is 2.76. The van der Waals surface area contributed by atoms with E-state index in [0.717, 1.165) is 22.3 Å². The van der Waals surface area contributed by atoms with Gasteiger partial charge in [-0.2, -0.15) is 0 Å². The van der Waals surface area contributed by atoms with Crippen LogP contribution in [0.25, 0.3) is 0 Å². The summed E-state index contributed by atoms with van der Waals surface area (Å²) in [4.78, 5) is 9.22. The Kier molecular flexibility index (Phi) is 4.45. The number of thiazole rings is 1. The van der Waals surface area contributed by atoms with Crippen molar-refractivity contribution in [3.05, 3.63) is 16.1 Å². The van der Waals surface area contributed by atoms with Gasteiger partial charge in [0.1, 0.15) is 5.01 Å². The minimum absolute atomic E-state index is 0.260. The number of nitrogens with zero attached hydrogens (tertiary/aromatic N) is 2. The van der Waals surface area contributed by atoms with Gasteiger partial charge in [0.05, 0.1) is 12.1 Å². The molecule has 2 rings (SSSR count). The summed E-state index contributed by atoms with van der Waals surface area (Å²) in [6.07, 6.45) is 2.34. The van der Waals surface area contributed by atoms with Crippen LogP contribution in [0.15, 0.2) is 10.4 Å². The van der Waals surface area contributed by atoms with Crippen LogP contribution in [0.5, 0.6) is 0 Å². The van der Waals surface area contributed by atoms with E-state index in [-0.39, 0.29) is 6.04 Å². The standard InChI is InChI=1S/C12H19N3S2/c1-4-10-5-6-16-12(15-10)14-9(3)11-13-8(2)7-17-11/h7,9-10H,4-6H2,1-3H3,(H,14,15). The van der Waals surface area contributed by atoms with Gasteiger partial charge in [0.15, 0.2) is 5.17 Å². The Labute approximate surface area is 111 Å². The SMILES string of the molecule is CCC1CCSC(NC(C)c2nc(C)cs2)=N1. The van der Waals surface area contributed by atoms with Crippen LogP contribution in [0.2, 0.25) is 0 Å². The van der Waals surface area contributed by atoms with Crippen LogP contribution < -0.4 is 5.32 Å². The van der Waals surface area contributed by atoms with E-state index < -0.39 is 0 Å². The molecule has 1 aliphatic heterocycles. The van der Waals surface area contributed by atoms with Gasteiger partial charge >= 0.3 is 0 Å². The largest absolute Gasteiger partial charge is 0.356 e. The van der Waals surface area contributed by atoms with Gasteiger partial charge in [-0.3, -0.25) is 4.99 Å². The molecule has 0 aromatic carbocycles. The fourth-order valence-electron chi connectivity index (χ4n) is 1.75. The highest BCUT2D eigenvalue weighted by atomic mass is 32.2. The van der Waals surface area contributed by atoms with Crippen LogP contribution in [0.1, 0.15) is 43.4 Å². The topological polar surface area (TPSA) is 37.3 Å². The molecule has 0 amide bonds. The third kappa shape index (κ3) is 3.45. The molecule has 5 heteroatoms. The number of hydrogen-bond acceptors (Lipinski definition) is 5. The second kappa shape index (κ2) is 5.87. The molecule has 1 aromatic rings. The first-order valence-corrected chi connectivity index (χ1v) is 7.94. The van der Waals surface area contributed by atoms with Crippen molar-refractivity contribution in [1.82, 2.24) is 10.3 Å². The zero-order valence-electron chi connectivity index (χ0n) is 10.6. The lowest BCUT2D eigenvalue weighted by molar-refractivity contribution is 0.621. The van der Waals surface area contributed by atoms with E-state index in [1.54, 1.807) is 11.3 Å². The minimum atomic E-state index is 0.260. The summed E-state index contributed by atoms with van der Waals surface area (Å²) in [7, 11) is 0.